The van der Waals surface area contributed by atoms with Crippen molar-refractivity contribution in [2.75, 3.05) is 5.88 Å². The van der Waals surface area contributed by atoms with Crippen molar-refractivity contribution >= 4 is 39.1 Å². The Balaban J connectivity index is 2.17. The highest BCUT2D eigenvalue weighted by molar-refractivity contribution is 9.10. The lowest BCUT2D eigenvalue weighted by atomic mass is 9.98. The van der Waals surface area contributed by atoms with Gasteiger partial charge in [0.25, 0.3) is 0 Å². The summed E-state index contributed by atoms with van der Waals surface area (Å²) in [7, 11) is 0. The van der Waals surface area contributed by atoms with Crippen LogP contribution in [0.2, 0.25) is 5.02 Å². The van der Waals surface area contributed by atoms with Crippen LogP contribution in [0.5, 0.6) is 0 Å². The minimum absolute atomic E-state index is 0.346. The fourth-order valence-electron chi connectivity index (χ4n) is 1.60. The van der Waals surface area contributed by atoms with Gasteiger partial charge in [-0.1, -0.05) is 33.6 Å². The van der Waals surface area contributed by atoms with Crippen molar-refractivity contribution in [3.8, 4) is 0 Å². The third kappa shape index (κ3) is 2.26. The van der Waals surface area contributed by atoms with Crippen LogP contribution in [0.1, 0.15) is 18.4 Å². The number of hydrogen-bond donors (Lipinski definition) is 0. The molecule has 0 heterocycles. The molecule has 0 radical (unpaired) electrons. The molecule has 1 aliphatic rings. The van der Waals surface area contributed by atoms with E-state index >= 15 is 0 Å². The third-order valence-electron chi connectivity index (χ3n) is 2.82. The van der Waals surface area contributed by atoms with Crippen LogP contribution >= 0.6 is 39.1 Å². The zero-order chi connectivity index (χ0) is 10.2. The van der Waals surface area contributed by atoms with E-state index in [9.17, 15) is 0 Å². The molecule has 0 spiro atoms. The quantitative estimate of drug-likeness (QED) is 0.711. The van der Waals surface area contributed by atoms with E-state index in [1.807, 2.05) is 12.1 Å². The first-order valence-corrected chi connectivity index (χ1v) is 6.36. The number of halogens is 3. The average Bonchev–Trinajstić information content (AvgIpc) is 2.91. The van der Waals surface area contributed by atoms with E-state index in [4.69, 9.17) is 23.2 Å². The smallest absolute Gasteiger partial charge is 0.0449 e. The lowest BCUT2D eigenvalue weighted by Crippen LogP contribution is -2.06. The minimum Gasteiger partial charge on any atom is -0.126 e. The molecule has 1 saturated carbocycles. The van der Waals surface area contributed by atoms with Crippen LogP contribution in [0.3, 0.4) is 0 Å². The molecule has 14 heavy (non-hydrogen) atoms. The maximum Gasteiger partial charge on any atom is 0.0449 e. The summed E-state index contributed by atoms with van der Waals surface area (Å²) in [6.45, 7) is 0. The molecule has 0 saturated heterocycles. The topological polar surface area (TPSA) is 0 Å². The van der Waals surface area contributed by atoms with Crippen molar-refractivity contribution in [2.24, 2.45) is 5.41 Å². The summed E-state index contributed by atoms with van der Waals surface area (Å²) in [5.74, 6) is 0.749. The molecule has 0 aromatic heterocycles. The number of hydrogen-bond acceptors (Lipinski definition) is 0. The third-order valence-corrected chi connectivity index (χ3v) is 4.23. The van der Waals surface area contributed by atoms with E-state index in [2.05, 4.69) is 22.0 Å². The molecule has 0 unspecified atom stereocenters. The molecule has 1 aromatic carbocycles. The Labute approximate surface area is 103 Å². The average molecular weight is 294 g/mol. The maximum absolute atomic E-state index is 6.15. The molecule has 0 aliphatic heterocycles. The van der Waals surface area contributed by atoms with Gasteiger partial charge in [0, 0.05) is 15.4 Å². The molecule has 1 aliphatic carbocycles. The number of rotatable bonds is 3. The largest absolute Gasteiger partial charge is 0.126 e. The van der Waals surface area contributed by atoms with Crippen molar-refractivity contribution in [3.05, 3.63) is 33.3 Å². The van der Waals surface area contributed by atoms with Crippen molar-refractivity contribution in [1.82, 2.24) is 0 Å². The molecule has 2 rings (SSSR count). The van der Waals surface area contributed by atoms with Crippen molar-refractivity contribution in [1.29, 1.82) is 0 Å². The van der Waals surface area contributed by atoms with Crippen LogP contribution < -0.4 is 0 Å². The lowest BCUT2D eigenvalue weighted by Gasteiger charge is -2.12. The molecular weight excluding hydrogens is 283 g/mol. The Morgan fingerprint density at radius 1 is 1.36 bits per heavy atom. The summed E-state index contributed by atoms with van der Waals surface area (Å²) in [5, 5.41) is 0.843. The second-order valence-corrected chi connectivity index (χ2v) is 5.64. The Kier molecular flexibility index (Phi) is 3.11. The molecule has 1 aromatic rings. The van der Waals surface area contributed by atoms with Gasteiger partial charge in [0.15, 0.2) is 0 Å². The highest BCUT2D eigenvalue weighted by Gasteiger charge is 2.41. The maximum atomic E-state index is 6.15. The second kappa shape index (κ2) is 4.03. The Morgan fingerprint density at radius 2 is 2.07 bits per heavy atom. The van der Waals surface area contributed by atoms with E-state index in [0.29, 0.717) is 5.41 Å². The highest BCUT2D eigenvalue weighted by Crippen LogP contribution is 2.50. The van der Waals surface area contributed by atoms with Gasteiger partial charge < -0.3 is 0 Å². The summed E-state index contributed by atoms with van der Waals surface area (Å²) in [4.78, 5) is 0. The van der Waals surface area contributed by atoms with Gasteiger partial charge in [-0.3, -0.25) is 0 Å². The van der Waals surface area contributed by atoms with Gasteiger partial charge in [-0.15, -0.1) is 11.6 Å². The van der Waals surface area contributed by atoms with Gasteiger partial charge in [-0.05, 0) is 42.4 Å². The first-order valence-electron chi connectivity index (χ1n) is 4.65. The van der Waals surface area contributed by atoms with E-state index in [1.54, 1.807) is 0 Å². The van der Waals surface area contributed by atoms with E-state index in [-0.39, 0.29) is 0 Å². The fraction of sp³-hybridized carbons (Fsp3) is 0.455. The number of alkyl halides is 1. The summed E-state index contributed by atoms with van der Waals surface area (Å²) in [6.07, 6.45) is 3.49. The van der Waals surface area contributed by atoms with Crippen LogP contribution in [-0.2, 0) is 6.42 Å². The van der Waals surface area contributed by atoms with Gasteiger partial charge in [0.1, 0.15) is 0 Å². The standard InChI is InChI=1S/C11H11BrCl2/c12-9-2-1-8(10(14)5-9)6-11(7-13)3-4-11/h1-2,5H,3-4,6-7H2. The Bertz CT molecular complexity index is 345. The van der Waals surface area contributed by atoms with Crippen LogP contribution in [0.25, 0.3) is 0 Å². The van der Waals surface area contributed by atoms with Gasteiger partial charge in [-0.25, -0.2) is 0 Å². The molecule has 76 valence electrons. The van der Waals surface area contributed by atoms with Crippen LogP contribution in [0.15, 0.2) is 22.7 Å². The van der Waals surface area contributed by atoms with E-state index < -0.39 is 0 Å². The molecule has 1 fully saturated rings. The monoisotopic (exact) mass is 292 g/mol. The van der Waals surface area contributed by atoms with Gasteiger partial charge in [-0.2, -0.15) is 0 Å². The number of benzene rings is 1. The molecule has 0 bridgehead atoms. The highest BCUT2D eigenvalue weighted by atomic mass is 79.9. The molecule has 0 amide bonds. The second-order valence-electron chi connectivity index (χ2n) is 4.05. The van der Waals surface area contributed by atoms with Gasteiger partial charge >= 0.3 is 0 Å². The first kappa shape index (κ1) is 10.8. The fourth-order valence-corrected chi connectivity index (χ4v) is 2.71. The Morgan fingerprint density at radius 3 is 2.57 bits per heavy atom. The van der Waals surface area contributed by atoms with Crippen molar-refractivity contribution in [3.63, 3.8) is 0 Å². The first-order chi connectivity index (χ1) is 6.65. The summed E-state index contributed by atoms with van der Waals surface area (Å²) < 4.78 is 1.03. The van der Waals surface area contributed by atoms with Crippen LogP contribution in [-0.4, -0.2) is 5.88 Å². The van der Waals surface area contributed by atoms with Gasteiger partial charge in [0.05, 0.1) is 0 Å². The predicted molar refractivity (Wildman–Crippen MR) is 65.2 cm³/mol. The van der Waals surface area contributed by atoms with Crippen LogP contribution in [0, 0.1) is 5.41 Å². The molecule has 0 N–H and O–H groups in total. The lowest BCUT2D eigenvalue weighted by molar-refractivity contribution is 0.578. The SMILES string of the molecule is ClCC1(Cc2ccc(Br)cc2Cl)CC1. The minimum atomic E-state index is 0.346. The molecule has 0 atom stereocenters. The molecular formula is C11H11BrCl2. The summed E-state index contributed by atoms with van der Waals surface area (Å²) in [6, 6.07) is 6.06. The summed E-state index contributed by atoms with van der Waals surface area (Å²) in [5.41, 5.74) is 1.56. The summed E-state index contributed by atoms with van der Waals surface area (Å²) >= 11 is 15.5. The molecule has 0 nitrogen and oxygen atoms in total. The van der Waals surface area contributed by atoms with E-state index in [0.717, 1.165) is 21.8 Å². The zero-order valence-corrected chi connectivity index (χ0v) is 10.8. The normalized spacial score (nSPS) is 18.2. The predicted octanol–water partition coefficient (Wildman–Crippen LogP) is 4.66. The van der Waals surface area contributed by atoms with Gasteiger partial charge in [0.2, 0.25) is 0 Å². The molecule has 3 heteroatoms. The van der Waals surface area contributed by atoms with Crippen molar-refractivity contribution in [2.45, 2.75) is 19.3 Å². The van der Waals surface area contributed by atoms with E-state index in [1.165, 1.54) is 18.4 Å². The zero-order valence-electron chi connectivity index (χ0n) is 7.69. The Hall–Kier alpha value is 0.280. The van der Waals surface area contributed by atoms with Crippen molar-refractivity contribution < 1.29 is 0 Å². The van der Waals surface area contributed by atoms with Crippen LogP contribution in [0.4, 0.5) is 0 Å².